The second kappa shape index (κ2) is 12.3. The van der Waals surface area contributed by atoms with Crippen LogP contribution in [-0.2, 0) is 30.4 Å². The van der Waals surface area contributed by atoms with Crippen LogP contribution in [0.5, 0.6) is 0 Å². The molecule has 1 saturated carbocycles. The van der Waals surface area contributed by atoms with Crippen molar-refractivity contribution in [2.24, 2.45) is 29.4 Å². The molecule has 1 saturated heterocycles. The molecule has 9 heteroatoms. The van der Waals surface area contributed by atoms with Crippen molar-refractivity contribution >= 4 is 29.4 Å². The first-order chi connectivity index (χ1) is 17.5. The lowest BCUT2D eigenvalue weighted by Crippen LogP contribution is -2.58. The summed E-state index contributed by atoms with van der Waals surface area (Å²) < 4.78 is 0. The zero-order valence-electron chi connectivity index (χ0n) is 22.2. The van der Waals surface area contributed by atoms with E-state index in [9.17, 15) is 24.0 Å². The molecule has 1 aromatic rings. The van der Waals surface area contributed by atoms with E-state index < -0.39 is 35.7 Å². The van der Waals surface area contributed by atoms with Gasteiger partial charge in [-0.1, -0.05) is 70.9 Å². The molecule has 1 aliphatic heterocycles. The fraction of sp³-hybridized carbons (Fsp3) is 0.607. The molecular weight excluding hydrogens is 472 g/mol. The number of hydrogen-bond donors (Lipinski definition) is 3. The van der Waals surface area contributed by atoms with Gasteiger partial charge in [-0.05, 0) is 36.2 Å². The fourth-order valence-corrected chi connectivity index (χ4v) is 5.03. The number of carbonyl (C=O) groups is 5. The fourth-order valence-electron chi connectivity index (χ4n) is 5.03. The van der Waals surface area contributed by atoms with Crippen LogP contribution in [-0.4, -0.2) is 59.0 Å². The number of Topliss-reactive ketones (excluding diaryl/α,β-unsaturated/α-hetero) is 1. The van der Waals surface area contributed by atoms with Crippen LogP contribution in [0.1, 0.15) is 58.9 Å². The molecule has 4 amide bonds. The Bertz CT molecular complexity index is 1010. The van der Waals surface area contributed by atoms with Gasteiger partial charge in [0, 0.05) is 18.9 Å². The number of rotatable bonds is 12. The molecule has 2 fully saturated rings. The van der Waals surface area contributed by atoms with Gasteiger partial charge in [-0.25, -0.2) is 0 Å². The maximum atomic E-state index is 13.9. The first kappa shape index (κ1) is 28.3. The molecule has 0 radical (unpaired) electrons. The largest absolute Gasteiger partial charge is 0.363 e. The van der Waals surface area contributed by atoms with Crippen LogP contribution in [0.2, 0.25) is 0 Å². The van der Waals surface area contributed by atoms with E-state index in [1.807, 2.05) is 44.2 Å². The summed E-state index contributed by atoms with van der Waals surface area (Å²) >= 11 is 0. The minimum Gasteiger partial charge on any atom is -0.363 e. The SMILES string of the molecule is CC(C)C(=O)N[C@@H](Cc1ccccc1)C(=O)N1CC[C@H](C(C)C)[C@H]1C(=O)NC(CC1CC1)C(=O)C(N)=O. The Kier molecular flexibility index (Phi) is 9.45. The number of likely N-dealkylation sites (tertiary alicyclic amines) is 1. The predicted molar refractivity (Wildman–Crippen MR) is 139 cm³/mol. The lowest BCUT2D eigenvalue weighted by molar-refractivity contribution is -0.144. The smallest absolute Gasteiger partial charge is 0.287 e. The van der Waals surface area contributed by atoms with Gasteiger partial charge in [0.05, 0.1) is 6.04 Å². The molecule has 1 unspecified atom stereocenters. The van der Waals surface area contributed by atoms with Gasteiger partial charge < -0.3 is 21.3 Å². The number of nitrogens with two attached hydrogens (primary N) is 1. The maximum Gasteiger partial charge on any atom is 0.287 e. The summed E-state index contributed by atoms with van der Waals surface area (Å²) in [7, 11) is 0. The molecule has 4 N–H and O–H groups in total. The van der Waals surface area contributed by atoms with Crippen LogP contribution >= 0.6 is 0 Å². The Hall–Kier alpha value is -3.23. The van der Waals surface area contributed by atoms with Crippen molar-refractivity contribution in [1.82, 2.24) is 15.5 Å². The predicted octanol–water partition coefficient (Wildman–Crippen LogP) is 1.58. The van der Waals surface area contributed by atoms with Crippen LogP contribution in [0.3, 0.4) is 0 Å². The summed E-state index contributed by atoms with van der Waals surface area (Å²) in [6, 6.07) is 6.76. The highest BCUT2D eigenvalue weighted by Crippen LogP contribution is 2.35. The van der Waals surface area contributed by atoms with Gasteiger partial charge in [-0.3, -0.25) is 24.0 Å². The Morgan fingerprint density at radius 2 is 1.59 bits per heavy atom. The van der Waals surface area contributed by atoms with Crippen LogP contribution in [0.4, 0.5) is 0 Å². The minimum absolute atomic E-state index is 0.0973. The molecule has 1 aliphatic carbocycles. The van der Waals surface area contributed by atoms with Crippen molar-refractivity contribution in [2.75, 3.05) is 6.54 Å². The van der Waals surface area contributed by atoms with Gasteiger partial charge >= 0.3 is 0 Å². The third kappa shape index (κ3) is 7.40. The van der Waals surface area contributed by atoms with E-state index in [4.69, 9.17) is 5.73 Å². The summed E-state index contributed by atoms with van der Waals surface area (Å²) in [5, 5.41) is 5.63. The first-order valence-corrected chi connectivity index (χ1v) is 13.3. The van der Waals surface area contributed by atoms with Crippen LogP contribution in [0.15, 0.2) is 30.3 Å². The van der Waals surface area contributed by atoms with Gasteiger partial charge in [0.2, 0.25) is 23.5 Å². The standard InChI is InChI=1S/C28H40N4O5/c1-16(2)20-12-13-32(23(20)27(36)30-21(14-19-10-11-19)24(33)25(29)34)28(37)22(31-26(35)17(3)4)15-18-8-6-5-7-9-18/h5-9,16-17,19-23H,10-15H2,1-4H3,(H2,29,34)(H,30,36)(H,31,35)/t20-,21?,22+,23+/m1/s1. The Balaban J connectivity index is 1.86. The highest BCUT2D eigenvalue weighted by Gasteiger charge is 2.46. The van der Waals surface area contributed by atoms with Gasteiger partial charge in [-0.2, -0.15) is 0 Å². The summed E-state index contributed by atoms with van der Waals surface area (Å²) in [5.74, 6) is -3.00. The third-order valence-corrected chi connectivity index (χ3v) is 7.42. The lowest BCUT2D eigenvalue weighted by atomic mass is 9.87. The topological polar surface area (TPSA) is 139 Å². The average molecular weight is 513 g/mol. The van der Waals surface area contributed by atoms with Crippen molar-refractivity contribution in [3.63, 3.8) is 0 Å². The van der Waals surface area contributed by atoms with Gasteiger partial charge in [-0.15, -0.1) is 0 Å². The molecule has 0 spiro atoms. The van der Waals surface area contributed by atoms with Gasteiger partial charge in [0.1, 0.15) is 12.1 Å². The zero-order valence-corrected chi connectivity index (χ0v) is 22.2. The summed E-state index contributed by atoms with van der Waals surface area (Å²) in [6.45, 7) is 7.88. The molecule has 37 heavy (non-hydrogen) atoms. The number of ketones is 1. The molecule has 202 valence electrons. The highest BCUT2D eigenvalue weighted by molar-refractivity contribution is 6.37. The average Bonchev–Trinajstić information content (AvgIpc) is 3.55. The molecule has 2 aliphatic rings. The number of primary amides is 1. The Morgan fingerprint density at radius 1 is 0.946 bits per heavy atom. The van der Waals surface area contributed by atoms with E-state index in [1.54, 1.807) is 13.8 Å². The van der Waals surface area contributed by atoms with Crippen molar-refractivity contribution in [1.29, 1.82) is 0 Å². The number of carbonyl (C=O) groups excluding carboxylic acids is 5. The van der Waals surface area contributed by atoms with Gasteiger partial charge in [0.15, 0.2) is 0 Å². The van der Waals surface area contributed by atoms with Crippen molar-refractivity contribution in [3.8, 4) is 0 Å². The van der Waals surface area contributed by atoms with E-state index in [2.05, 4.69) is 10.6 Å². The number of benzene rings is 1. The summed E-state index contributed by atoms with van der Waals surface area (Å²) in [6.07, 6.45) is 3.16. The van der Waals surface area contributed by atoms with E-state index in [-0.39, 0.29) is 35.5 Å². The minimum atomic E-state index is -1.08. The monoisotopic (exact) mass is 512 g/mol. The zero-order chi connectivity index (χ0) is 27.3. The maximum absolute atomic E-state index is 13.9. The third-order valence-electron chi connectivity index (χ3n) is 7.42. The van der Waals surface area contributed by atoms with Gasteiger partial charge in [0.25, 0.3) is 5.91 Å². The molecule has 9 nitrogen and oxygen atoms in total. The highest BCUT2D eigenvalue weighted by atomic mass is 16.2. The molecule has 1 aromatic carbocycles. The van der Waals surface area contributed by atoms with Crippen molar-refractivity contribution in [3.05, 3.63) is 35.9 Å². The van der Waals surface area contributed by atoms with Crippen molar-refractivity contribution < 1.29 is 24.0 Å². The number of nitrogens with one attached hydrogen (secondary N) is 2. The molecule has 1 heterocycles. The van der Waals surface area contributed by atoms with E-state index in [1.165, 1.54) is 4.90 Å². The Labute approximate surface area is 218 Å². The molecular formula is C28H40N4O5. The van der Waals surface area contributed by atoms with Crippen LogP contribution in [0, 0.1) is 23.7 Å². The molecule has 4 atom stereocenters. The summed E-state index contributed by atoms with van der Waals surface area (Å²) in [4.78, 5) is 65.8. The summed E-state index contributed by atoms with van der Waals surface area (Å²) in [5.41, 5.74) is 6.14. The number of nitrogens with zero attached hydrogens (tertiary/aromatic N) is 1. The molecule has 0 aromatic heterocycles. The second-order valence-corrected chi connectivity index (χ2v) is 11.0. The second-order valence-electron chi connectivity index (χ2n) is 11.0. The van der Waals surface area contributed by atoms with E-state index >= 15 is 0 Å². The molecule has 3 rings (SSSR count). The van der Waals surface area contributed by atoms with E-state index in [0.29, 0.717) is 25.8 Å². The Morgan fingerprint density at radius 3 is 2.14 bits per heavy atom. The number of hydrogen-bond acceptors (Lipinski definition) is 5. The van der Waals surface area contributed by atoms with E-state index in [0.717, 1.165) is 18.4 Å². The van der Waals surface area contributed by atoms with Crippen LogP contribution in [0.25, 0.3) is 0 Å². The molecule has 0 bridgehead atoms. The lowest BCUT2D eigenvalue weighted by Gasteiger charge is -2.33. The van der Waals surface area contributed by atoms with Crippen molar-refractivity contribution in [2.45, 2.75) is 77.9 Å². The first-order valence-electron chi connectivity index (χ1n) is 13.3. The van der Waals surface area contributed by atoms with Crippen LogP contribution < -0.4 is 16.4 Å². The number of amides is 4. The quantitative estimate of drug-likeness (QED) is 0.365. The normalized spacial score (nSPS) is 21.0.